The summed E-state index contributed by atoms with van der Waals surface area (Å²) in [7, 11) is 0. The number of carbonyl (C=O) groups excluding carboxylic acids is 1. The van der Waals surface area contributed by atoms with E-state index in [2.05, 4.69) is 36.7 Å². The lowest BCUT2D eigenvalue weighted by Crippen LogP contribution is -2.30. The first-order valence-electron chi connectivity index (χ1n) is 8.93. The van der Waals surface area contributed by atoms with Gasteiger partial charge in [-0.25, -0.2) is 4.98 Å². The van der Waals surface area contributed by atoms with E-state index in [4.69, 9.17) is 4.98 Å². The number of carbonyl (C=O) groups is 1. The summed E-state index contributed by atoms with van der Waals surface area (Å²) in [6.45, 7) is 9.06. The van der Waals surface area contributed by atoms with E-state index in [1.54, 1.807) is 4.90 Å². The number of nitrogens with zero attached hydrogens (tertiary/aromatic N) is 2. The first kappa shape index (κ1) is 19.8. The van der Waals surface area contributed by atoms with Crippen molar-refractivity contribution in [2.45, 2.75) is 33.1 Å². The fourth-order valence-corrected chi connectivity index (χ4v) is 3.94. The molecule has 0 saturated heterocycles. The van der Waals surface area contributed by atoms with E-state index >= 15 is 0 Å². The fourth-order valence-electron chi connectivity index (χ4n) is 2.78. The van der Waals surface area contributed by atoms with Crippen LogP contribution in [-0.2, 0) is 5.41 Å². The van der Waals surface area contributed by atoms with Crippen molar-refractivity contribution in [3.63, 3.8) is 0 Å². The summed E-state index contributed by atoms with van der Waals surface area (Å²) in [6.07, 6.45) is 0. The summed E-state index contributed by atoms with van der Waals surface area (Å²) in [5, 5.41) is 2.72. The van der Waals surface area contributed by atoms with Crippen LogP contribution in [-0.4, -0.2) is 17.4 Å². The van der Waals surface area contributed by atoms with Crippen LogP contribution in [0.15, 0.2) is 58.4 Å². The number of amides is 1. The molecule has 0 radical (unpaired) electrons. The Kier molecular flexibility index (Phi) is 5.82. The van der Waals surface area contributed by atoms with E-state index < -0.39 is 0 Å². The normalized spacial score (nSPS) is 11.4. The molecule has 0 atom stereocenters. The van der Waals surface area contributed by atoms with Crippen LogP contribution in [0.3, 0.4) is 0 Å². The molecule has 0 aliphatic heterocycles. The first-order valence-corrected chi connectivity index (χ1v) is 10.6. The van der Waals surface area contributed by atoms with E-state index in [1.165, 1.54) is 16.9 Å². The molecule has 1 amide bonds. The average molecular weight is 443 g/mol. The molecular formula is C22H23BrN2OS. The summed E-state index contributed by atoms with van der Waals surface area (Å²) < 4.78 is 1.03. The third-order valence-electron chi connectivity index (χ3n) is 4.42. The molecule has 1 heterocycles. The summed E-state index contributed by atoms with van der Waals surface area (Å²) in [6, 6.07) is 15.9. The maximum Gasteiger partial charge on any atom is 0.260 e. The number of anilines is 1. The standard InChI is InChI=1S/C22H23BrN2OS/c1-5-25(20(26)16-6-10-17(11-7-16)22(2,3)4)21-24-19(14-27-21)15-8-12-18(23)13-9-15/h6-14H,5H2,1-4H3. The van der Waals surface area contributed by atoms with E-state index in [0.717, 1.165) is 20.9 Å². The second kappa shape index (κ2) is 7.95. The smallest absolute Gasteiger partial charge is 0.260 e. The fraction of sp³-hybridized carbons (Fsp3) is 0.273. The molecule has 0 bridgehead atoms. The van der Waals surface area contributed by atoms with Crippen molar-refractivity contribution < 1.29 is 4.79 Å². The summed E-state index contributed by atoms with van der Waals surface area (Å²) in [4.78, 5) is 19.4. The largest absolute Gasteiger partial charge is 0.284 e. The molecule has 0 fully saturated rings. The van der Waals surface area contributed by atoms with Gasteiger partial charge in [0.2, 0.25) is 0 Å². The molecule has 3 nitrogen and oxygen atoms in total. The zero-order chi connectivity index (χ0) is 19.6. The Bertz CT molecular complexity index is 924. The molecule has 140 valence electrons. The zero-order valence-corrected chi connectivity index (χ0v) is 18.4. The van der Waals surface area contributed by atoms with Crippen molar-refractivity contribution in [3.05, 3.63) is 69.5 Å². The van der Waals surface area contributed by atoms with Gasteiger partial charge in [0.1, 0.15) is 0 Å². The van der Waals surface area contributed by atoms with Crippen LogP contribution >= 0.6 is 27.3 Å². The van der Waals surface area contributed by atoms with E-state index in [-0.39, 0.29) is 11.3 Å². The van der Waals surface area contributed by atoms with Gasteiger partial charge in [-0.2, -0.15) is 0 Å². The quantitative estimate of drug-likeness (QED) is 0.459. The lowest BCUT2D eigenvalue weighted by Gasteiger charge is -2.21. The van der Waals surface area contributed by atoms with Gasteiger partial charge in [-0.1, -0.05) is 61.0 Å². The maximum atomic E-state index is 13.0. The van der Waals surface area contributed by atoms with E-state index in [1.807, 2.05) is 60.8 Å². The Morgan fingerprint density at radius 1 is 1.07 bits per heavy atom. The predicted molar refractivity (Wildman–Crippen MR) is 118 cm³/mol. The summed E-state index contributed by atoms with van der Waals surface area (Å²) in [5.41, 5.74) is 3.90. The third-order valence-corrected chi connectivity index (χ3v) is 5.81. The minimum atomic E-state index is -0.0188. The van der Waals surface area contributed by atoms with Crippen molar-refractivity contribution in [1.82, 2.24) is 4.98 Å². The SMILES string of the molecule is CCN(C(=O)c1ccc(C(C)(C)C)cc1)c1nc(-c2ccc(Br)cc2)cs1. The van der Waals surface area contributed by atoms with Crippen LogP contribution < -0.4 is 4.90 Å². The van der Waals surface area contributed by atoms with Gasteiger partial charge in [0.25, 0.3) is 5.91 Å². The average Bonchev–Trinajstić information content (AvgIpc) is 3.12. The van der Waals surface area contributed by atoms with Crippen LogP contribution in [0.25, 0.3) is 11.3 Å². The number of hydrogen-bond acceptors (Lipinski definition) is 3. The Labute approximate surface area is 173 Å². The number of benzene rings is 2. The number of thiazole rings is 1. The Morgan fingerprint density at radius 2 is 1.70 bits per heavy atom. The Hall–Kier alpha value is -1.98. The highest BCUT2D eigenvalue weighted by Crippen LogP contribution is 2.29. The van der Waals surface area contributed by atoms with Gasteiger partial charge in [0.05, 0.1) is 5.69 Å². The molecule has 0 saturated carbocycles. The second-order valence-corrected chi connectivity index (χ2v) is 9.15. The molecule has 0 unspecified atom stereocenters. The van der Waals surface area contributed by atoms with Crippen LogP contribution in [0.5, 0.6) is 0 Å². The minimum Gasteiger partial charge on any atom is -0.284 e. The molecule has 5 heteroatoms. The van der Waals surface area contributed by atoms with Crippen molar-refractivity contribution >= 4 is 38.3 Å². The molecule has 0 aliphatic rings. The highest BCUT2D eigenvalue weighted by Gasteiger charge is 2.21. The lowest BCUT2D eigenvalue weighted by atomic mass is 9.86. The van der Waals surface area contributed by atoms with Crippen LogP contribution in [0.1, 0.15) is 43.6 Å². The molecular weight excluding hydrogens is 420 g/mol. The lowest BCUT2D eigenvalue weighted by molar-refractivity contribution is 0.0988. The van der Waals surface area contributed by atoms with Gasteiger partial charge in [-0.3, -0.25) is 9.69 Å². The van der Waals surface area contributed by atoms with Crippen LogP contribution in [0, 0.1) is 0 Å². The van der Waals surface area contributed by atoms with Crippen molar-refractivity contribution in [2.24, 2.45) is 0 Å². The number of rotatable bonds is 4. The predicted octanol–water partition coefficient (Wildman–Crippen LogP) is 6.54. The van der Waals surface area contributed by atoms with Gasteiger partial charge >= 0.3 is 0 Å². The third kappa shape index (κ3) is 4.47. The Morgan fingerprint density at radius 3 is 2.26 bits per heavy atom. The second-order valence-electron chi connectivity index (χ2n) is 7.40. The number of aromatic nitrogens is 1. The van der Waals surface area contributed by atoms with Crippen LogP contribution in [0.2, 0.25) is 0 Å². The molecule has 0 spiro atoms. The highest BCUT2D eigenvalue weighted by molar-refractivity contribution is 9.10. The summed E-state index contributed by atoms with van der Waals surface area (Å²) in [5.74, 6) is -0.0188. The molecule has 27 heavy (non-hydrogen) atoms. The molecule has 2 aromatic carbocycles. The highest BCUT2D eigenvalue weighted by atomic mass is 79.9. The molecule has 3 rings (SSSR count). The van der Waals surface area contributed by atoms with E-state index in [0.29, 0.717) is 12.1 Å². The molecule has 0 N–H and O–H groups in total. The first-order chi connectivity index (χ1) is 12.8. The molecule has 1 aromatic heterocycles. The number of halogens is 1. The molecule has 3 aromatic rings. The monoisotopic (exact) mass is 442 g/mol. The van der Waals surface area contributed by atoms with Gasteiger partial charge in [0, 0.05) is 27.5 Å². The van der Waals surface area contributed by atoms with Gasteiger partial charge in [-0.05, 0) is 42.2 Å². The van der Waals surface area contributed by atoms with Crippen LogP contribution in [0.4, 0.5) is 5.13 Å². The molecule has 0 aliphatic carbocycles. The zero-order valence-electron chi connectivity index (χ0n) is 16.0. The Balaban J connectivity index is 1.84. The van der Waals surface area contributed by atoms with Crippen molar-refractivity contribution in [1.29, 1.82) is 0 Å². The number of hydrogen-bond donors (Lipinski definition) is 0. The van der Waals surface area contributed by atoms with Gasteiger partial charge in [-0.15, -0.1) is 11.3 Å². The van der Waals surface area contributed by atoms with Gasteiger partial charge < -0.3 is 0 Å². The minimum absolute atomic E-state index is 0.0188. The maximum absolute atomic E-state index is 13.0. The van der Waals surface area contributed by atoms with Crippen molar-refractivity contribution in [3.8, 4) is 11.3 Å². The van der Waals surface area contributed by atoms with Gasteiger partial charge in [0.15, 0.2) is 5.13 Å². The summed E-state index contributed by atoms with van der Waals surface area (Å²) >= 11 is 4.94. The van der Waals surface area contributed by atoms with Crippen molar-refractivity contribution in [2.75, 3.05) is 11.4 Å². The topological polar surface area (TPSA) is 33.2 Å². The van der Waals surface area contributed by atoms with E-state index in [9.17, 15) is 4.79 Å².